The zero-order valence-electron chi connectivity index (χ0n) is 42.8. The molecule has 2 atom stereocenters. The van der Waals surface area contributed by atoms with Crippen LogP contribution in [-0.4, -0.2) is 11.6 Å². The first-order chi connectivity index (χ1) is 35.5. The molecule has 0 spiro atoms. The molecular weight excluding hydrogens is 905 g/mol. The quantitative estimate of drug-likeness (QED) is 0.134. The van der Waals surface area contributed by atoms with Crippen LogP contribution in [0.5, 0.6) is 5.75 Å². The summed E-state index contributed by atoms with van der Waals surface area (Å²) in [5.41, 5.74) is 20.0. The topological polar surface area (TPSA) is 17.4 Å². The molecule has 73 heavy (non-hydrogen) atoms. The summed E-state index contributed by atoms with van der Waals surface area (Å²) < 4.78 is 10.1. The molecule has 5 aromatic carbocycles. The molecule has 2 aromatic heterocycles. The molecule has 0 radical (unpaired) electrons. The van der Waals surface area contributed by atoms with E-state index in [-0.39, 0.29) is 16.7 Å². The monoisotopic (exact) mass is 968 g/mol. The van der Waals surface area contributed by atoms with Crippen molar-refractivity contribution in [3.05, 3.63) is 244 Å². The number of anilines is 2. The molecule has 0 bridgehead atoms. The lowest BCUT2D eigenvalue weighted by Gasteiger charge is -2.37. The maximum absolute atomic E-state index is 6.36. The standard InChI is InChI=1S/C65H58N2OS.C4H6/c1-8-48-53-36-43(26-31-63(53)69-62(48)9-2)42-22-27-47(28-23-42)67-58-29-24-44(35-51(58)52-38-50-41(3)17-15-16-34-68-61(50)39-60(52)67)45-25-30-59(66(7)46-18-11-10-12-19-46)57(37-45)65(6)33-32-56-54(40-65)49-20-13-14-21-55(49)64(56,4)5;1-3-4-2/h8-12,14,16,18-19,21-25,27-32,34-40,43H,1-3,13,15,17,20,26,33H2,4-7H3;3-4H,1-2H2/b34-16-;. The number of allylic oxidation sites excluding steroid dienone is 12. The summed E-state index contributed by atoms with van der Waals surface area (Å²) >= 11 is 1.80. The molecule has 4 heteroatoms. The Bertz CT molecular complexity index is 3740. The second kappa shape index (κ2) is 19.1. The van der Waals surface area contributed by atoms with Crippen molar-refractivity contribution in [2.24, 2.45) is 5.41 Å². The van der Waals surface area contributed by atoms with E-state index < -0.39 is 0 Å². The van der Waals surface area contributed by atoms with Gasteiger partial charge in [-0.25, -0.2) is 0 Å². The van der Waals surface area contributed by atoms with E-state index in [4.69, 9.17) is 4.74 Å². The van der Waals surface area contributed by atoms with E-state index in [1.165, 1.54) is 86.9 Å². The average Bonchev–Trinajstić information content (AvgIpc) is 4.03. The first kappa shape index (κ1) is 47.7. The number of thiophene rings is 1. The van der Waals surface area contributed by atoms with Crippen molar-refractivity contribution < 1.29 is 4.74 Å². The molecule has 0 amide bonds. The summed E-state index contributed by atoms with van der Waals surface area (Å²) in [4.78, 5) is 3.56. The van der Waals surface area contributed by atoms with Gasteiger partial charge in [-0.05, 0) is 160 Å². The predicted octanol–water partition coefficient (Wildman–Crippen LogP) is 17.6. The number of fused-ring (bicyclic) bond motifs is 7. The minimum absolute atomic E-state index is 0.0157. The van der Waals surface area contributed by atoms with Crippen LogP contribution in [0.2, 0.25) is 0 Å². The lowest BCUT2D eigenvalue weighted by molar-refractivity contribution is 0.475. The third-order valence-corrected chi connectivity index (χ3v) is 17.2. The van der Waals surface area contributed by atoms with Gasteiger partial charge < -0.3 is 14.2 Å². The van der Waals surface area contributed by atoms with Gasteiger partial charge >= 0.3 is 0 Å². The molecule has 0 saturated heterocycles. The molecular formula is C69H64N2OS. The molecule has 7 aromatic rings. The molecule has 362 valence electrons. The fourth-order valence-corrected chi connectivity index (χ4v) is 13.2. The summed E-state index contributed by atoms with van der Waals surface area (Å²) in [6, 6.07) is 38.8. The summed E-state index contributed by atoms with van der Waals surface area (Å²) in [5.74, 6) is 1.12. The molecule has 12 rings (SSSR count). The minimum atomic E-state index is -0.230. The van der Waals surface area contributed by atoms with Crippen molar-refractivity contribution in [3.8, 4) is 22.6 Å². The summed E-state index contributed by atoms with van der Waals surface area (Å²) in [7, 11) is 2.22. The van der Waals surface area contributed by atoms with Crippen LogP contribution >= 0.6 is 11.3 Å². The van der Waals surface area contributed by atoms with Gasteiger partial charge in [-0.2, -0.15) is 0 Å². The van der Waals surface area contributed by atoms with Crippen LogP contribution in [0.4, 0.5) is 11.4 Å². The number of nitrogens with zero attached hydrogens (tertiary/aromatic N) is 2. The number of para-hydroxylation sites is 1. The Kier molecular flexibility index (Phi) is 12.4. The van der Waals surface area contributed by atoms with Gasteiger partial charge in [0.05, 0.1) is 17.3 Å². The second-order valence-corrected chi connectivity index (χ2v) is 21.9. The van der Waals surface area contributed by atoms with E-state index in [9.17, 15) is 0 Å². The van der Waals surface area contributed by atoms with Crippen molar-refractivity contribution in [2.75, 3.05) is 11.9 Å². The Morgan fingerprint density at radius 1 is 0.781 bits per heavy atom. The van der Waals surface area contributed by atoms with Crippen molar-refractivity contribution >= 4 is 74.4 Å². The Morgan fingerprint density at radius 3 is 2.30 bits per heavy atom. The third kappa shape index (κ3) is 8.23. The van der Waals surface area contributed by atoms with Crippen molar-refractivity contribution in [1.82, 2.24) is 4.57 Å². The lowest BCUT2D eigenvalue weighted by Crippen LogP contribution is -2.27. The van der Waals surface area contributed by atoms with Crippen molar-refractivity contribution in [3.63, 3.8) is 0 Å². The Morgan fingerprint density at radius 2 is 1.53 bits per heavy atom. The van der Waals surface area contributed by atoms with Gasteiger partial charge in [-0.3, -0.25) is 0 Å². The van der Waals surface area contributed by atoms with E-state index in [0.717, 1.165) is 72.1 Å². The zero-order chi connectivity index (χ0) is 50.6. The fraction of sp³-hybridized carbons (Fsp3) is 0.188. The molecule has 0 fully saturated rings. The average molecular weight is 969 g/mol. The zero-order valence-corrected chi connectivity index (χ0v) is 43.6. The number of benzene rings is 5. The summed E-state index contributed by atoms with van der Waals surface area (Å²) in [6.45, 7) is 26.8. The van der Waals surface area contributed by atoms with E-state index in [2.05, 4.69) is 216 Å². The van der Waals surface area contributed by atoms with Gasteiger partial charge in [-0.1, -0.05) is 157 Å². The van der Waals surface area contributed by atoms with Gasteiger partial charge in [0.15, 0.2) is 0 Å². The predicted molar refractivity (Wildman–Crippen MR) is 317 cm³/mol. The van der Waals surface area contributed by atoms with Crippen LogP contribution in [0.25, 0.3) is 68.5 Å². The highest BCUT2D eigenvalue weighted by Crippen LogP contribution is 2.57. The molecule has 5 aliphatic rings. The molecule has 3 nitrogen and oxygen atoms in total. The van der Waals surface area contributed by atoms with Crippen LogP contribution < -0.4 is 19.4 Å². The normalized spacial score (nSPS) is 19.7. The van der Waals surface area contributed by atoms with Crippen LogP contribution in [-0.2, 0) is 5.41 Å². The van der Waals surface area contributed by atoms with E-state index >= 15 is 0 Å². The highest BCUT2D eigenvalue weighted by Gasteiger charge is 2.44. The minimum Gasteiger partial charge on any atom is -0.465 e. The van der Waals surface area contributed by atoms with Gasteiger partial charge in [0, 0.05) is 72.7 Å². The third-order valence-electron chi connectivity index (χ3n) is 16.0. The number of hydrogen-bond acceptors (Lipinski definition) is 3. The smallest absolute Gasteiger partial charge is 0.136 e. The Labute approximate surface area is 435 Å². The molecule has 4 aliphatic carbocycles. The summed E-state index contributed by atoms with van der Waals surface area (Å²) in [6.07, 6.45) is 31.8. The SMILES string of the molecule is C=CC=C.C=Cc1sc2c(c1C=C)=CC(c1ccc(-n3c4ccc(-c5ccc(N(C)c6ccccc6)c(C6(C)C=C7C(=CC6)C(C)(C)C6=C7CCC=C6)c5)cc4c4cc5c(cc43)O/C=C\CCC5=C)cc1)CC=2. The highest BCUT2D eigenvalue weighted by atomic mass is 32.1. The van der Waals surface area contributed by atoms with Crippen molar-refractivity contribution in [1.29, 1.82) is 0 Å². The van der Waals surface area contributed by atoms with Crippen LogP contribution in [0.3, 0.4) is 0 Å². The van der Waals surface area contributed by atoms with E-state index in [1.54, 1.807) is 23.5 Å². The van der Waals surface area contributed by atoms with Gasteiger partial charge in [0.2, 0.25) is 0 Å². The Balaban J connectivity index is 0.00000139. The second-order valence-electron chi connectivity index (χ2n) is 20.8. The number of ether oxygens (including phenoxy) is 1. The number of hydrogen-bond donors (Lipinski definition) is 0. The highest BCUT2D eigenvalue weighted by molar-refractivity contribution is 7.11. The molecule has 0 N–H and O–H groups in total. The summed E-state index contributed by atoms with van der Waals surface area (Å²) in [5, 5.41) is 3.68. The molecule has 2 unspecified atom stereocenters. The Hall–Kier alpha value is -7.66. The van der Waals surface area contributed by atoms with E-state index in [1.807, 2.05) is 18.4 Å². The van der Waals surface area contributed by atoms with E-state index in [0.29, 0.717) is 0 Å². The maximum Gasteiger partial charge on any atom is 0.136 e. The largest absolute Gasteiger partial charge is 0.465 e. The lowest BCUT2D eigenvalue weighted by atomic mass is 9.69. The first-order valence-electron chi connectivity index (χ1n) is 25.8. The van der Waals surface area contributed by atoms with Crippen LogP contribution in [0, 0.1) is 5.41 Å². The molecule has 3 heterocycles. The maximum atomic E-state index is 6.36. The number of rotatable bonds is 9. The van der Waals surface area contributed by atoms with Crippen molar-refractivity contribution in [2.45, 2.75) is 70.6 Å². The number of aromatic nitrogens is 1. The van der Waals surface area contributed by atoms with Crippen LogP contribution in [0.1, 0.15) is 92.3 Å². The molecule has 1 aliphatic heterocycles. The van der Waals surface area contributed by atoms with Crippen LogP contribution in [0.15, 0.2) is 207 Å². The van der Waals surface area contributed by atoms with Gasteiger partial charge in [0.25, 0.3) is 0 Å². The fourth-order valence-electron chi connectivity index (χ4n) is 12.1. The first-order valence-corrected chi connectivity index (χ1v) is 26.6. The van der Waals surface area contributed by atoms with Gasteiger partial charge in [-0.15, -0.1) is 11.3 Å². The van der Waals surface area contributed by atoms with Gasteiger partial charge in [0.1, 0.15) is 5.75 Å². The molecule has 0 saturated carbocycles.